The third-order valence-corrected chi connectivity index (χ3v) is 5.98. The van der Waals surface area contributed by atoms with E-state index < -0.39 is 22.9 Å². The van der Waals surface area contributed by atoms with E-state index in [1.54, 1.807) is 5.38 Å². The summed E-state index contributed by atoms with van der Waals surface area (Å²) in [6.45, 7) is 0. The summed E-state index contributed by atoms with van der Waals surface area (Å²) in [5.41, 5.74) is 1.79. The number of aromatic nitrogens is 2. The second-order valence-electron chi connectivity index (χ2n) is 6.96. The van der Waals surface area contributed by atoms with Crippen LogP contribution in [0.15, 0.2) is 87.8 Å². The predicted octanol–water partition coefficient (Wildman–Crippen LogP) is 5.35. The fraction of sp³-hybridized carbons (Fsp3) is 0. The van der Waals surface area contributed by atoms with Gasteiger partial charge in [0.05, 0.1) is 11.1 Å². The van der Waals surface area contributed by atoms with Gasteiger partial charge in [-0.3, -0.25) is 9.78 Å². The van der Waals surface area contributed by atoms with E-state index >= 15 is 0 Å². The van der Waals surface area contributed by atoms with Gasteiger partial charge in [-0.1, -0.05) is 54.6 Å². The molecule has 0 bridgehead atoms. The number of nitrogens with zero attached hydrogens (tertiary/aromatic N) is 1. The van der Waals surface area contributed by atoms with Gasteiger partial charge in [-0.05, 0) is 28.8 Å². The lowest BCUT2D eigenvalue weighted by Crippen LogP contribution is -2.34. The summed E-state index contributed by atoms with van der Waals surface area (Å²) in [5, 5.41) is 2.06. The Hall–Kier alpha value is -3.84. The third kappa shape index (κ3) is 3.29. The molecule has 0 aliphatic heterocycles. The Morgan fingerprint density at radius 3 is 2.19 bits per heavy atom. The molecule has 0 aliphatic carbocycles. The van der Waals surface area contributed by atoms with Crippen molar-refractivity contribution in [1.82, 2.24) is 9.55 Å². The van der Waals surface area contributed by atoms with Crippen molar-refractivity contribution in [2.75, 3.05) is 0 Å². The maximum absolute atomic E-state index is 14.3. The van der Waals surface area contributed by atoms with E-state index in [1.807, 2.05) is 54.6 Å². The Balaban J connectivity index is 1.68. The Morgan fingerprint density at radius 2 is 1.48 bits per heavy atom. The molecular weight excluding hydrogens is 418 g/mol. The minimum absolute atomic E-state index is 0.279. The summed E-state index contributed by atoms with van der Waals surface area (Å²) in [6.07, 6.45) is 0. The molecule has 0 amide bonds. The summed E-state index contributed by atoms with van der Waals surface area (Å²) in [6, 6.07) is 20.3. The van der Waals surface area contributed by atoms with Crippen LogP contribution in [0, 0.1) is 11.6 Å². The molecule has 0 unspecified atom stereocenters. The summed E-state index contributed by atoms with van der Waals surface area (Å²) < 4.78 is 28.3. The van der Waals surface area contributed by atoms with Crippen LogP contribution in [0.25, 0.3) is 38.2 Å². The van der Waals surface area contributed by atoms with Crippen molar-refractivity contribution in [3.63, 3.8) is 0 Å². The number of thiophene rings is 1. The van der Waals surface area contributed by atoms with E-state index in [4.69, 9.17) is 0 Å². The first-order valence-corrected chi connectivity index (χ1v) is 10.3. The molecule has 4 nitrogen and oxygen atoms in total. The molecule has 0 spiro atoms. The number of nitrogens with one attached hydrogen (secondary N) is 1. The van der Waals surface area contributed by atoms with Gasteiger partial charge in [0.1, 0.15) is 16.5 Å². The second kappa shape index (κ2) is 7.45. The minimum atomic E-state index is -0.990. The third-order valence-electron chi connectivity index (χ3n) is 5.09. The molecule has 0 aliphatic rings. The van der Waals surface area contributed by atoms with Crippen LogP contribution in [0.1, 0.15) is 0 Å². The molecule has 2 heterocycles. The lowest BCUT2D eigenvalue weighted by atomic mass is 10.0. The predicted molar refractivity (Wildman–Crippen MR) is 119 cm³/mol. The number of aromatic amines is 1. The van der Waals surface area contributed by atoms with E-state index in [0.717, 1.165) is 28.8 Å². The van der Waals surface area contributed by atoms with E-state index in [-0.39, 0.29) is 11.1 Å². The van der Waals surface area contributed by atoms with Crippen LogP contribution < -0.4 is 11.2 Å². The lowest BCUT2D eigenvalue weighted by molar-refractivity contribution is 0.575. The summed E-state index contributed by atoms with van der Waals surface area (Å²) in [7, 11) is 0. The maximum Gasteiger partial charge on any atom is 0.334 e. The smallest absolute Gasteiger partial charge is 0.298 e. The Morgan fingerprint density at radius 1 is 0.806 bits per heavy atom. The van der Waals surface area contributed by atoms with Crippen molar-refractivity contribution in [3.05, 3.63) is 111 Å². The van der Waals surface area contributed by atoms with Gasteiger partial charge in [0.15, 0.2) is 0 Å². The van der Waals surface area contributed by atoms with Crippen molar-refractivity contribution in [2.24, 2.45) is 0 Å². The van der Waals surface area contributed by atoms with Gasteiger partial charge in [-0.15, -0.1) is 11.3 Å². The Kier molecular flexibility index (Phi) is 4.60. The number of hydrogen-bond donors (Lipinski definition) is 1. The van der Waals surface area contributed by atoms with E-state index in [9.17, 15) is 18.4 Å². The maximum atomic E-state index is 14.3. The zero-order valence-corrected chi connectivity index (χ0v) is 16.7. The number of halogens is 2. The number of benzene rings is 3. The molecule has 5 rings (SSSR count). The molecule has 0 saturated carbocycles. The first-order chi connectivity index (χ1) is 15.0. The molecule has 152 valence electrons. The van der Waals surface area contributed by atoms with Crippen LogP contribution in [0.4, 0.5) is 8.78 Å². The van der Waals surface area contributed by atoms with Crippen LogP contribution in [0.3, 0.4) is 0 Å². The molecule has 0 saturated heterocycles. The molecule has 7 heteroatoms. The minimum Gasteiger partial charge on any atom is -0.298 e. The van der Waals surface area contributed by atoms with Gasteiger partial charge in [0.2, 0.25) is 0 Å². The molecule has 1 N–H and O–H groups in total. The van der Waals surface area contributed by atoms with Crippen molar-refractivity contribution in [1.29, 1.82) is 0 Å². The van der Waals surface area contributed by atoms with Crippen LogP contribution in [-0.4, -0.2) is 9.55 Å². The van der Waals surface area contributed by atoms with Crippen LogP contribution in [0.2, 0.25) is 0 Å². The molecule has 31 heavy (non-hydrogen) atoms. The van der Waals surface area contributed by atoms with E-state index in [2.05, 4.69) is 4.98 Å². The Labute approximate surface area is 178 Å². The van der Waals surface area contributed by atoms with E-state index in [0.29, 0.717) is 21.0 Å². The molecule has 0 fully saturated rings. The number of hydrogen-bond acceptors (Lipinski definition) is 3. The van der Waals surface area contributed by atoms with Gasteiger partial charge in [-0.2, -0.15) is 0 Å². The quantitative estimate of drug-likeness (QED) is 0.418. The van der Waals surface area contributed by atoms with Crippen molar-refractivity contribution >= 4 is 21.6 Å². The summed E-state index contributed by atoms with van der Waals surface area (Å²) in [4.78, 5) is 28.7. The van der Waals surface area contributed by atoms with Gasteiger partial charge < -0.3 is 0 Å². The first kappa shape index (κ1) is 19.1. The van der Waals surface area contributed by atoms with Crippen LogP contribution >= 0.6 is 11.3 Å². The normalized spacial score (nSPS) is 11.2. The molecule has 0 radical (unpaired) electrons. The molecule has 5 aromatic rings. The topological polar surface area (TPSA) is 54.9 Å². The van der Waals surface area contributed by atoms with E-state index in [1.165, 1.54) is 11.3 Å². The molecule has 0 atom stereocenters. The first-order valence-electron chi connectivity index (χ1n) is 9.41. The summed E-state index contributed by atoms with van der Waals surface area (Å²) >= 11 is 1.23. The number of fused-ring (bicyclic) bond motifs is 1. The van der Waals surface area contributed by atoms with Crippen LogP contribution in [0.5, 0.6) is 0 Å². The molecule has 2 aromatic heterocycles. The average Bonchev–Trinajstić information content (AvgIpc) is 3.20. The van der Waals surface area contributed by atoms with Crippen molar-refractivity contribution in [3.8, 4) is 27.9 Å². The lowest BCUT2D eigenvalue weighted by Gasteiger charge is -2.08. The monoisotopic (exact) mass is 432 g/mol. The Bertz CT molecular complexity index is 1530. The van der Waals surface area contributed by atoms with Crippen LogP contribution in [-0.2, 0) is 0 Å². The molecule has 3 aromatic carbocycles. The van der Waals surface area contributed by atoms with Crippen molar-refractivity contribution in [2.45, 2.75) is 0 Å². The highest BCUT2D eigenvalue weighted by Gasteiger charge is 2.18. The largest absolute Gasteiger partial charge is 0.334 e. The summed E-state index contributed by atoms with van der Waals surface area (Å²) in [5.74, 6) is -1.78. The fourth-order valence-corrected chi connectivity index (χ4v) is 4.54. The number of H-pyrrole nitrogens is 1. The fourth-order valence-electron chi connectivity index (χ4n) is 3.59. The zero-order chi connectivity index (χ0) is 21.5. The molecular formula is C24H14F2N2O2S. The van der Waals surface area contributed by atoms with Crippen molar-refractivity contribution < 1.29 is 8.78 Å². The van der Waals surface area contributed by atoms with Gasteiger partial charge in [0, 0.05) is 17.0 Å². The standard InChI is InChI=1S/C24H14F2N2O2S/c25-17-10-11-20(19(26)12-17)28-23(29)21-18(13-31-22(21)27-24(28)30)16-8-6-15(7-9-16)14-4-2-1-3-5-14/h1-13H,(H,27,30). The highest BCUT2D eigenvalue weighted by Crippen LogP contribution is 2.32. The highest BCUT2D eigenvalue weighted by atomic mass is 32.1. The zero-order valence-electron chi connectivity index (χ0n) is 15.9. The second-order valence-corrected chi connectivity index (χ2v) is 7.84. The van der Waals surface area contributed by atoms with Gasteiger partial charge in [0.25, 0.3) is 5.56 Å². The van der Waals surface area contributed by atoms with Gasteiger partial charge >= 0.3 is 5.69 Å². The van der Waals surface area contributed by atoms with Gasteiger partial charge in [-0.25, -0.2) is 18.1 Å². The SMILES string of the molecule is O=c1[nH]c2scc(-c3ccc(-c4ccccc4)cc3)c2c(=O)n1-c1ccc(F)cc1F. The number of rotatable bonds is 3. The highest BCUT2D eigenvalue weighted by molar-refractivity contribution is 7.17. The average molecular weight is 432 g/mol.